The van der Waals surface area contributed by atoms with Crippen molar-refractivity contribution in [3.63, 3.8) is 0 Å². The van der Waals surface area contributed by atoms with Crippen LogP contribution in [0.3, 0.4) is 0 Å². The molecule has 0 fully saturated rings. The van der Waals surface area contributed by atoms with Gasteiger partial charge in [-0.2, -0.15) is 0 Å². The molecule has 0 aromatic rings. The Morgan fingerprint density at radius 2 is 2.62 bits per heavy atom. The lowest BCUT2D eigenvalue weighted by Crippen LogP contribution is -2.24. The smallest absolute Gasteiger partial charge is 0.336 e. The highest BCUT2D eigenvalue weighted by Gasteiger charge is 2.18. The third kappa shape index (κ3) is 2.66. The first-order valence-corrected chi connectivity index (χ1v) is 4.21. The Morgan fingerprint density at radius 3 is 3.08 bits per heavy atom. The van der Waals surface area contributed by atoms with Crippen molar-refractivity contribution in [1.82, 2.24) is 0 Å². The predicted octanol–water partition coefficient (Wildman–Crippen LogP) is 0.464. The average molecular weight is 184 g/mol. The average Bonchev–Trinajstić information content (AvgIpc) is 2.18. The van der Waals surface area contributed by atoms with Crippen molar-refractivity contribution in [3.8, 4) is 0 Å². The van der Waals surface area contributed by atoms with Gasteiger partial charge in [-0.15, -0.1) is 0 Å². The number of rotatable bonds is 3. The molecule has 1 aliphatic heterocycles. The van der Waals surface area contributed by atoms with Crippen LogP contribution in [0.1, 0.15) is 13.3 Å². The molecule has 0 amide bonds. The summed E-state index contributed by atoms with van der Waals surface area (Å²) in [7, 11) is 0. The van der Waals surface area contributed by atoms with Crippen molar-refractivity contribution in [3.05, 3.63) is 11.6 Å². The van der Waals surface area contributed by atoms with E-state index in [1.165, 1.54) is 0 Å². The fourth-order valence-corrected chi connectivity index (χ4v) is 1.04. The Balaban J connectivity index is 2.49. The number of esters is 1. The first kappa shape index (κ1) is 9.92. The molecule has 0 N–H and O–H groups in total. The molecule has 0 bridgehead atoms. The van der Waals surface area contributed by atoms with Gasteiger partial charge in [0.25, 0.3) is 0 Å². The van der Waals surface area contributed by atoms with Gasteiger partial charge in [0.2, 0.25) is 0 Å². The fraction of sp³-hybridized carbons (Fsp3) is 0.556. The Labute approximate surface area is 76.5 Å². The summed E-state index contributed by atoms with van der Waals surface area (Å²) in [5.74, 6) is -0.355. The van der Waals surface area contributed by atoms with E-state index in [0.29, 0.717) is 18.6 Å². The van der Waals surface area contributed by atoms with E-state index < -0.39 is 6.10 Å². The van der Waals surface area contributed by atoms with E-state index in [2.05, 4.69) is 0 Å². The van der Waals surface area contributed by atoms with Crippen molar-refractivity contribution in [2.75, 3.05) is 13.2 Å². The van der Waals surface area contributed by atoms with E-state index in [-0.39, 0.29) is 12.6 Å². The number of aldehydes is 1. The monoisotopic (exact) mass is 184 g/mol. The normalized spacial score (nSPS) is 21.9. The maximum absolute atomic E-state index is 11.1. The van der Waals surface area contributed by atoms with Gasteiger partial charge in [0, 0.05) is 0 Å². The van der Waals surface area contributed by atoms with E-state index >= 15 is 0 Å². The maximum atomic E-state index is 11.1. The molecule has 0 aromatic carbocycles. The van der Waals surface area contributed by atoms with Gasteiger partial charge in [-0.05, 0) is 13.3 Å². The van der Waals surface area contributed by atoms with Crippen LogP contribution in [-0.4, -0.2) is 31.6 Å². The molecule has 0 saturated carbocycles. The summed E-state index contributed by atoms with van der Waals surface area (Å²) in [5, 5.41) is 0. The lowest BCUT2D eigenvalue weighted by Gasteiger charge is -2.17. The van der Waals surface area contributed by atoms with Crippen LogP contribution in [0.25, 0.3) is 0 Å². The summed E-state index contributed by atoms with van der Waals surface area (Å²) in [4.78, 5) is 21.4. The molecule has 1 rings (SSSR count). The van der Waals surface area contributed by atoms with E-state index in [1.54, 1.807) is 13.0 Å². The molecule has 0 spiro atoms. The minimum atomic E-state index is -0.404. The van der Waals surface area contributed by atoms with E-state index in [1.807, 2.05) is 0 Å². The zero-order chi connectivity index (χ0) is 9.68. The third-order valence-corrected chi connectivity index (χ3v) is 1.74. The van der Waals surface area contributed by atoms with E-state index in [0.717, 1.165) is 6.29 Å². The van der Waals surface area contributed by atoms with Crippen LogP contribution in [0.4, 0.5) is 0 Å². The summed E-state index contributed by atoms with van der Waals surface area (Å²) >= 11 is 0. The third-order valence-electron chi connectivity index (χ3n) is 1.74. The van der Waals surface area contributed by atoms with Crippen molar-refractivity contribution in [2.45, 2.75) is 19.4 Å². The molecule has 1 unspecified atom stereocenters. The van der Waals surface area contributed by atoms with Gasteiger partial charge in [0.05, 0.1) is 18.8 Å². The Morgan fingerprint density at radius 1 is 1.85 bits per heavy atom. The van der Waals surface area contributed by atoms with Crippen LogP contribution in [0.15, 0.2) is 11.6 Å². The Kier molecular flexibility index (Phi) is 3.64. The summed E-state index contributed by atoms with van der Waals surface area (Å²) in [6, 6.07) is 0. The number of carbonyl (C=O) groups excluding carboxylic acids is 2. The van der Waals surface area contributed by atoms with Crippen molar-refractivity contribution in [1.29, 1.82) is 0 Å². The SMILES string of the molecule is CCOC(=O)C1=CCC(C=O)OC1. The van der Waals surface area contributed by atoms with E-state index in [4.69, 9.17) is 9.47 Å². The highest BCUT2D eigenvalue weighted by atomic mass is 16.5. The Bertz CT molecular complexity index is 232. The summed E-state index contributed by atoms with van der Waals surface area (Å²) in [5.41, 5.74) is 0.500. The van der Waals surface area contributed by atoms with E-state index in [9.17, 15) is 9.59 Å². The second kappa shape index (κ2) is 4.77. The first-order valence-electron chi connectivity index (χ1n) is 4.21. The molecule has 4 heteroatoms. The van der Waals surface area contributed by atoms with Crippen LogP contribution in [-0.2, 0) is 19.1 Å². The summed E-state index contributed by atoms with van der Waals surface area (Å²) in [6.45, 7) is 2.27. The fourth-order valence-electron chi connectivity index (χ4n) is 1.04. The standard InChI is InChI=1S/C9H12O4/c1-2-12-9(11)7-3-4-8(5-10)13-6-7/h3,5,8H,2,4,6H2,1H3. The minimum absolute atomic E-state index is 0.169. The molecule has 72 valence electrons. The highest BCUT2D eigenvalue weighted by molar-refractivity contribution is 5.89. The van der Waals surface area contributed by atoms with Crippen LogP contribution in [0, 0.1) is 0 Å². The highest BCUT2D eigenvalue weighted by Crippen LogP contribution is 2.11. The molecule has 1 aliphatic rings. The number of hydrogen-bond donors (Lipinski definition) is 0. The second-order valence-corrected chi connectivity index (χ2v) is 2.67. The zero-order valence-electron chi connectivity index (χ0n) is 7.49. The Hall–Kier alpha value is -1.16. The zero-order valence-corrected chi connectivity index (χ0v) is 7.49. The molecular weight excluding hydrogens is 172 g/mol. The number of ether oxygens (including phenoxy) is 2. The molecule has 1 heterocycles. The maximum Gasteiger partial charge on any atom is 0.336 e. The lowest BCUT2D eigenvalue weighted by atomic mass is 10.1. The van der Waals surface area contributed by atoms with Crippen LogP contribution in [0.5, 0.6) is 0 Å². The molecule has 0 radical (unpaired) electrons. The first-order chi connectivity index (χ1) is 6.27. The van der Waals surface area contributed by atoms with Gasteiger partial charge in [-0.25, -0.2) is 4.79 Å². The van der Waals surface area contributed by atoms with Crippen LogP contribution < -0.4 is 0 Å². The molecular formula is C9H12O4. The van der Waals surface area contributed by atoms with Gasteiger partial charge in [0.1, 0.15) is 12.4 Å². The molecule has 1 atom stereocenters. The largest absolute Gasteiger partial charge is 0.463 e. The van der Waals surface area contributed by atoms with Gasteiger partial charge in [-0.3, -0.25) is 0 Å². The predicted molar refractivity (Wildman–Crippen MR) is 45.1 cm³/mol. The van der Waals surface area contributed by atoms with Crippen LogP contribution >= 0.6 is 0 Å². The summed E-state index contributed by atoms with van der Waals surface area (Å²) in [6.07, 6.45) is 2.48. The second-order valence-electron chi connectivity index (χ2n) is 2.67. The van der Waals surface area contributed by atoms with Gasteiger partial charge in [0.15, 0.2) is 0 Å². The van der Waals surface area contributed by atoms with Crippen molar-refractivity contribution in [2.24, 2.45) is 0 Å². The number of carbonyl (C=O) groups is 2. The quantitative estimate of drug-likeness (QED) is 0.472. The van der Waals surface area contributed by atoms with Gasteiger partial charge >= 0.3 is 5.97 Å². The molecule has 0 saturated heterocycles. The lowest BCUT2D eigenvalue weighted by molar-refractivity contribution is -0.140. The summed E-state index contributed by atoms with van der Waals surface area (Å²) < 4.78 is 9.84. The molecule has 0 aliphatic carbocycles. The molecule has 13 heavy (non-hydrogen) atoms. The van der Waals surface area contributed by atoms with Gasteiger partial charge < -0.3 is 14.3 Å². The minimum Gasteiger partial charge on any atom is -0.463 e. The van der Waals surface area contributed by atoms with Gasteiger partial charge in [-0.1, -0.05) is 6.08 Å². The number of hydrogen-bond acceptors (Lipinski definition) is 4. The topological polar surface area (TPSA) is 52.6 Å². The van der Waals surface area contributed by atoms with Crippen molar-refractivity contribution < 1.29 is 19.1 Å². The van der Waals surface area contributed by atoms with Crippen molar-refractivity contribution >= 4 is 12.3 Å². The molecule has 0 aromatic heterocycles. The van der Waals surface area contributed by atoms with Crippen LogP contribution in [0.2, 0.25) is 0 Å². The molecule has 4 nitrogen and oxygen atoms in total.